The summed E-state index contributed by atoms with van der Waals surface area (Å²) in [5, 5.41) is 0.439. The molecule has 0 aliphatic heterocycles. The lowest BCUT2D eigenvalue weighted by Gasteiger charge is -2.22. The molecule has 0 spiro atoms. The molecule has 0 atom stereocenters. The molecule has 23 heavy (non-hydrogen) atoms. The minimum absolute atomic E-state index is 0.0803. The fourth-order valence-electron chi connectivity index (χ4n) is 2.33. The van der Waals surface area contributed by atoms with Gasteiger partial charge in [0.15, 0.2) is 0 Å². The molecule has 4 nitrogen and oxygen atoms in total. The van der Waals surface area contributed by atoms with Crippen LogP contribution in [0.5, 0.6) is 0 Å². The Kier molecular flexibility index (Phi) is 4.78. The number of nitrogens with zero attached hydrogens (tertiary/aromatic N) is 3. The maximum Gasteiger partial charge on any atom is 0.285 e. The van der Waals surface area contributed by atoms with Crippen LogP contribution in [0.3, 0.4) is 0 Å². The molecule has 0 aliphatic carbocycles. The largest absolute Gasteiger partial charge is 0.328 e. The first-order valence-electron chi connectivity index (χ1n) is 7.40. The Balaban J connectivity index is 1.84. The molecule has 0 saturated carbocycles. The Morgan fingerprint density at radius 2 is 1.48 bits per heavy atom. The zero-order valence-electron chi connectivity index (χ0n) is 12.8. The van der Waals surface area contributed by atoms with Gasteiger partial charge in [-0.15, -0.1) is 0 Å². The van der Waals surface area contributed by atoms with Crippen LogP contribution in [0.15, 0.2) is 60.7 Å². The van der Waals surface area contributed by atoms with Gasteiger partial charge in [0.1, 0.15) is 5.82 Å². The Labute approximate surface area is 139 Å². The van der Waals surface area contributed by atoms with Crippen LogP contribution >= 0.6 is 11.5 Å². The number of carbonyl (C=O) groups is 1. The molecule has 3 aromatic rings. The number of amides is 1. The Bertz CT molecular complexity index is 730. The zero-order chi connectivity index (χ0) is 16.1. The second kappa shape index (κ2) is 7.15. The van der Waals surface area contributed by atoms with Crippen LogP contribution in [0.4, 0.5) is 0 Å². The van der Waals surface area contributed by atoms with Gasteiger partial charge in [-0.3, -0.25) is 4.79 Å². The van der Waals surface area contributed by atoms with E-state index in [1.54, 1.807) is 6.92 Å². The average molecular weight is 323 g/mol. The van der Waals surface area contributed by atoms with E-state index in [1.807, 2.05) is 65.6 Å². The zero-order valence-corrected chi connectivity index (χ0v) is 13.7. The van der Waals surface area contributed by atoms with Crippen LogP contribution in [-0.4, -0.2) is 20.2 Å². The highest BCUT2D eigenvalue weighted by atomic mass is 32.1. The number of hydrogen-bond donors (Lipinski definition) is 0. The molecule has 0 unspecified atom stereocenters. The van der Waals surface area contributed by atoms with Crippen molar-refractivity contribution in [3.63, 3.8) is 0 Å². The summed E-state index contributed by atoms with van der Waals surface area (Å²) < 4.78 is 4.12. The van der Waals surface area contributed by atoms with E-state index in [4.69, 9.17) is 0 Å². The summed E-state index contributed by atoms with van der Waals surface area (Å²) >= 11 is 1.15. The summed E-state index contributed by atoms with van der Waals surface area (Å²) in [6.07, 6.45) is 0. The first-order chi connectivity index (χ1) is 11.2. The van der Waals surface area contributed by atoms with E-state index in [0.29, 0.717) is 23.9 Å². The number of carbonyl (C=O) groups excluding carboxylic acids is 1. The maximum atomic E-state index is 12.8. The van der Waals surface area contributed by atoms with Gasteiger partial charge in [0.25, 0.3) is 5.91 Å². The molecule has 0 saturated heterocycles. The van der Waals surface area contributed by atoms with E-state index in [0.717, 1.165) is 22.7 Å². The first kappa shape index (κ1) is 15.4. The van der Waals surface area contributed by atoms with Crippen molar-refractivity contribution < 1.29 is 4.79 Å². The van der Waals surface area contributed by atoms with Gasteiger partial charge in [0.05, 0.1) is 0 Å². The second-order valence-corrected chi connectivity index (χ2v) is 6.03. The SMILES string of the molecule is Cc1nsc(C(=O)N(Cc2ccccc2)Cc2ccccc2)n1. The number of aromatic nitrogens is 2. The van der Waals surface area contributed by atoms with Gasteiger partial charge in [-0.25, -0.2) is 4.98 Å². The van der Waals surface area contributed by atoms with Crippen molar-refractivity contribution in [2.75, 3.05) is 0 Å². The maximum absolute atomic E-state index is 12.8. The fraction of sp³-hybridized carbons (Fsp3) is 0.167. The van der Waals surface area contributed by atoms with Gasteiger partial charge < -0.3 is 4.90 Å². The third kappa shape index (κ3) is 4.02. The molecule has 0 N–H and O–H groups in total. The summed E-state index contributed by atoms with van der Waals surface area (Å²) in [6.45, 7) is 2.90. The highest BCUT2D eigenvalue weighted by molar-refractivity contribution is 7.07. The van der Waals surface area contributed by atoms with Gasteiger partial charge >= 0.3 is 0 Å². The molecular formula is C18H17N3OS. The molecule has 3 rings (SSSR count). The lowest BCUT2D eigenvalue weighted by atomic mass is 10.1. The highest BCUT2D eigenvalue weighted by Gasteiger charge is 2.20. The van der Waals surface area contributed by atoms with Gasteiger partial charge in [0.2, 0.25) is 5.01 Å². The summed E-state index contributed by atoms with van der Waals surface area (Å²) in [7, 11) is 0. The van der Waals surface area contributed by atoms with Crippen molar-refractivity contribution in [3.8, 4) is 0 Å². The van der Waals surface area contributed by atoms with Crippen molar-refractivity contribution in [1.29, 1.82) is 0 Å². The van der Waals surface area contributed by atoms with Gasteiger partial charge in [-0.2, -0.15) is 4.37 Å². The van der Waals surface area contributed by atoms with E-state index < -0.39 is 0 Å². The molecule has 5 heteroatoms. The minimum Gasteiger partial charge on any atom is -0.328 e. The second-order valence-electron chi connectivity index (χ2n) is 5.28. The fourth-order valence-corrected chi connectivity index (χ4v) is 2.97. The van der Waals surface area contributed by atoms with Crippen LogP contribution < -0.4 is 0 Å². The normalized spacial score (nSPS) is 10.5. The van der Waals surface area contributed by atoms with E-state index in [9.17, 15) is 4.79 Å². The number of benzene rings is 2. The predicted molar refractivity (Wildman–Crippen MR) is 91.1 cm³/mol. The summed E-state index contributed by atoms with van der Waals surface area (Å²) in [6, 6.07) is 20.0. The van der Waals surface area contributed by atoms with Crippen molar-refractivity contribution in [2.24, 2.45) is 0 Å². The van der Waals surface area contributed by atoms with Gasteiger partial charge in [0, 0.05) is 13.1 Å². The molecule has 1 amide bonds. The van der Waals surface area contributed by atoms with Crippen molar-refractivity contribution in [2.45, 2.75) is 20.0 Å². The van der Waals surface area contributed by atoms with Crippen LogP contribution in [-0.2, 0) is 13.1 Å². The Morgan fingerprint density at radius 1 is 0.957 bits per heavy atom. The molecular weight excluding hydrogens is 306 g/mol. The topological polar surface area (TPSA) is 46.1 Å². The average Bonchev–Trinajstić information content (AvgIpc) is 3.02. The van der Waals surface area contributed by atoms with Crippen LogP contribution in [0, 0.1) is 6.92 Å². The number of rotatable bonds is 5. The van der Waals surface area contributed by atoms with E-state index in [2.05, 4.69) is 9.36 Å². The summed E-state index contributed by atoms with van der Waals surface area (Å²) in [5.74, 6) is 0.557. The molecule has 2 aromatic carbocycles. The molecule has 0 bridgehead atoms. The van der Waals surface area contributed by atoms with Crippen LogP contribution in [0.2, 0.25) is 0 Å². The van der Waals surface area contributed by atoms with Crippen molar-refractivity contribution >= 4 is 17.4 Å². The van der Waals surface area contributed by atoms with Crippen LogP contribution in [0.25, 0.3) is 0 Å². The number of hydrogen-bond acceptors (Lipinski definition) is 4. The quantitative estimate of drug-likeness (QED) is 0.719. The molecule has 1 heterocycles. The predicted octanol–water partition coefficient (Wildman–Crippen LogP) is 3.69. The Hall–Kier alpha value is -2.53. The van der Waals surface area contributed by atoms with Crippen molar-refractivity contribution in [1.82, 2.24) is 14.3 Å². The van der Waals surface area contributed by atoms with Crippen molar-refractivity contribution in [3.05, 3.63) is 82.6 Å². The van der Waals surface area contributed by atoms with Gasteiger partial charge in [-0.1, -0.05) is 60.7 Å². The molecule has 116 valence electrons. The molecule has 0 radical (unpaired) electrons. The van der Waals surface area contributed by atoms with Crippen LogP contribution in [0.1, 0.15) is 26.8 Å². The summed E-state index contributed by atoms with van der Waals surface area (Å²) in [4.78, 5) is 18.8. The lowest BCUT2D eigenvalue weighted by molar-refractivity contribution is 0.0729. The Morgan fingerprint density at radius 3 is 1.91 bits per heavy atom. The highest BCUT2D eigenvalue weighted by Crippen LogP contribution is 2.15. The minimum atomic E-state index is -0.0803. The first-order valence-corrected chi connectivity index (χ1v) is 8.17. The van der Waals surface area contributed by atoms with E-state index >= 15 is 0 Å². The standard InChI is InChI=1S/C18H17N3OS/c1-14-19-17(23-20-14)18(22)21(12-15-8-4-2-5-9-15)13-16-10-6-3-7-11-16/h2-11H,12-13H2,1H3. The molecule has 0 aliphatic rings. The molecule has 1 aromatic heterocycles. The number of aryl methyl sites for hydroxylation is 1. The van der Waals surface area contributed by atoms with Gasteiger partial charge in [-0.05, 0) is 29.6 Å². The lowest BCUT2D eigenvalue weighted by Crippen LogP contribution is -2.30. The summed E-state index contributed by atoms with van der Waals surface area (Å²) in [5.41, 5.74) is 2.19. The third-order valence-corrected chi connectivity index (χ3v) is 4.22. The molecule has 0 fully saturated rings. The van der Waals surface area contributed by atoms with E-state index in [-0.39, 0.29) is 5.91 Å². The third-order valence-electron chi connectivity index (χ3n) is 3.43. The monoisotopic (exact) mass is 323 g/mol. The smallest absolute Gasteiger partial charge is 0.285 e. The van der Waals surface area contributed by atoms with E-state index in [1.165, 1.54) is 0 Å².